The maximum atomic E-state index is 8.24. The first-order valence-corrected chi connectivity index (χ1v) is 1.13. The Labute approximate surface area is 51.8 Å². The first-order chi connectivity index (χ1) is 2.41. The number of hydrogen-bond acceptors (Lipinski definition) is 1. The zero-order chi connectivity index (χ0) is 4.71. The van der Waals surface area contributed by atoms with Gasteiger partial charge in [0.05, 0.1) is 0 Å². The summed E-state index contributed by atoms with van der Waals surface area (Å²) in [5, 5.41) is 6.76. The van der Waals surface area contributed by atoms with E-state index >= 15 is 0 Å². The second kappa shape index (κ2) is 66.5. The van der Waals surface area contributed by atoms with Crippen LogP contribution < -0.4 is 0 Å². The molecular formula is C3H6O2W. The van der Waals surface area contributed by atoms with Crippen LogP contribution in [0.5, 0.6) is 0 Å². The fraction of sp³-hybridized carbons (Fsp3) is 0.333. The Hall–Kier alpha value is 0.158. The van der Waals surface area contributed by atoms with Gasteiger partial charge in [-0.05, 0) is 0 Å². The zero-order valence-corrected chi connectivity index (χ0v) is 6.40. The molecule has 0 spiro atoms. The summed E-state index contributed by atoms with van der Waals surface area (Å²) in [6, 6.07) is 0. The maximum absolute atomic E-state index is 8.24. The predicted octanol–water partition coefficient (Wildman–Crippen LogP) is 0.449. The van der Waals surface area contributed by atoms with Crippen molar-refractivity contribution in [3.63, 3.8) is 0 Å². The van der Waals surface area contributed by atoms with Gasteiger partial charge in [-0.15, -0.1) is 0 Å². The zero-order valence-electron chi connectivity index (χ0n) is 3.47. The van der Waals surface area contributed by atoms with Gasteiger partial charge in [-0.1, -0.05) is 6.47 Å². The molecule has 0 aromatic rings. The minimum absolute atomic E-state index is 0. The van der Waals surface area contributed by atoms with Crippen molar-refractivity contribution in [3.05, 3.63) is 6.92 Å². The third-order valence-corrected chi connectivity index (χ3v) is 0. The van der Waals surface area contributed by atoms with E-state index in [9.17, 15) is 0 Å². The van der Waals surface area contributed by atoms with Crippen molar-refractivity contribution in [2.45, 2.75) is 6.92 Å². The third-order valence-electron chi connectivity index (χ3n) is 0. The van der Waals surface area contributed by atoms with Crippen LogP contribution in [0.25, 0.3) is 0 Å². The normalized spacial score (nSPS) is 3.00. The van der Waals surface area contributed by atoms with Crippen LogP contribution in [0.1, 0.15) is 6.92 Å². The Morgan fingerprint density at radius 3 is 1.67 bits per heavy atom. The van der Waals surface area contributed by atoms with Crippen molar-refractivity contribution in [2.75, 3.05) is 0 Å². The van der Waals surface area contributed by atoms with Gasteiger partial charge in [0, 0.05) is 0 Å². The van der Waals surface area contributed by atoms with E-state index in [1.165, 1.54) is 0 Å². The maximum Gasteiger partial charge on any atom is 2.00 e. The molecule has 0 radical (unpaired) electrons. The van der Waals surface area contributed by atoms with E-state index in [0.717, 1.165) is 0 Å². The average Bonchev–Trinajstić information content (AvgIpc) is 1.46. The summed E-state index contributed by atoms with van der Waals surface area (Å²) >= 11 is 0. The molecule has 1 N–H and O–H groups in total. The largest absolute Gasteiger partial charge is 2.00 e. The Bertz CT molecular complexity index is 16.3. The Balaban J connectivity index is -0.0000000275. The molecule has 0 fully saturated rings. The van der Waals surface area contributed by atoms with Crippen molar-refractivity contribution in [1.29, 1.82) is 0 Å². The fourth-order valence-corrected chi connectivity index (χ4v) is 0. The number of aliphatic hydroxyl groups excluding tert-OH is 1. The summed E-state index contributed by atoms with van der Waals surface area (Å²) in [4.78, 5) is 8.24. The molecule has 0 aliphatic carbocycles. The minimum Gasteiger partial charge on any atom is -0.665 e. The van der Waals surface area contributed by atoms with Crippen molar-refractivity contribution >= 4 is 6.47 Å². The van der Waals surface area contributed by atoms with Gasteiger partial charge in [-0.2, -0.15) is 6.92 Å². The molecule has 0 unspecified atom stereocenters. The molecule has 0 bridgehead atoms. The topological polar surface area (TPSA) is 37.3 Å². The summed E-state index contributed by atoms with van der Waals surface area (Å²) in [6.45, 7) is 5.50. The molecule has 2 nitrogen and oxygen atoms in total. The van der Waals surface area contributed by atoms with E-state index in [1.807, 2.05) is 0 Å². The summed E-state index contributed by atoms with van der Waals surface area (Å²) in [5.41, 5.74) is 0. The van der Waals surface area contributed by atoms with Gasteiger partial charge in [0.2, 0.25) is 0 Å². The summed E-state index contributed by atoms with van der Waals surface area (Å²) < 4.78 is 0. The molecule has 36 valence electrons. The van der Waals surface area contributed by atoms with Gasteiger partial charge in [0.25, 0.3) is 0 Å². The fourth-order valence-electron chi connectivity index (χ4n) is 0. The second-order valence-corrected chi connectivity index (χ2v) is 0.0913. The molecule has 0 aliphatic heterocycles. The van der Waals surface area contributed by atoms with E-state index in [4.69, 9.17) is 9.90 Å². The summed E-state index contributed by atoms with van der Waals surface area (Å²) in [7, 11) is 0. The molecule has 0 aromatic carbocycles. The van der Waals surface area contributed by atoms with Crippen molar-refractivity contribution < 1.29 is 31.0 Å². The van der Waals surface area contributed by atoms with Gasteiger partial charge >= 0.3 is 21.1 Å². The molecule has 0 aromatic heterocycles. The first-order valence-electron chi connectivity index (χ1n) is 1.13. The Morgan fingerprint density at radius 1 is 1.67 bits per heavy atom. The summed E-state index contributed by atoms with van der Waals surface area (Å²) in [5.74, 6) is 0. The Kier molecular flexibility index (Phi) is 182. The molecule has 0 amide bonds. The molecule has 3 heteroatoms. The van der Waals surface area contributed by atoms with Crippen LogP contribution in [0.2, 0.25) is 0 Å². The van der Waals surface area contributed by atoms with Crippen LogP contribution in [-0.4, -0.2) is 11.6 Å². The SMILES string of the molecule is O=[C-]O.[CH2-]C.[W+2]. The smallest absolute Gasteiger partial charge is 0.665 e. The van der Waals surface area contributed by atoms with Crippen LogP contribution in [-0.2, 0) is 25.9 Å². The van der Waals surface area contributed by atoms with Gasteiger partial charge < -0.3 is 16.8 Å². The van der Waals surface area contributed by atoms with Crippen LogP contribution in [0.15, 0.2) is 0 Å². The number of hydrogen-bond donors (Lipinski definition) is 1. The van der Waals surface area contributed by atoms with E-state index in [1.54, 1.807) is 6.92 Å². The molecule has 0 saturated heterocycles. The van der Waals surface area contributed by atoms with Gasteiger partial charge in [0.15, 0.2) is 0 Å². The molecule has 0 heterocycles. The van der Waals surface area contributed by atoms with Crippen molar-refractivity contribution in [2.24, 2.45) is 0 Å². The van der Waals surface area contributed by atoms with Crippen LogP contribution >= 0.6 is 0 Å². The van der Waals surface area contributed by atoms with Gasteiger partial charge in [-0.3, -0.25) is 0 Å². The molecule has 6 heavy (non-hydrogen) atoms. The van der Waals surface area contributed by atoms with Crippen molar-refractivity contribution in [3.8, 4) is 0 Å². The third kappa shape index (κ3) is 1660. The standard InChI is InChI=1S/C2H5.CHO2.W/c1-2;2-1-3;/h1H2,2H3;(H,2,3);/q2*-1;+2. The summed E-state index contributed by atoms with van der Waals surface area (Å²) in [6.07, 6.45) is 0. The van der Waals surface area contributed by atoms with Crippen LogP contribution in [0, 0.1) is 6.92 Å². The molecule has 0 saturated carbocycles. The molecule has 0 aliphatic rings. The van der Waals surface area contributed by atoms with Gasteiger partial charge in [0.1, 0.15) is 0 Å². The minimum atomic E-state index is 0. The number of rotatable bonds is 0. The van der Waals surface area contributed by atoms with Gasteiger partial charge in [-0.25, -0.2) is 0 Å². The van der Waals surface area contributed by atoms with E-state index < -0.39 is 0 Å². The van der Waals surface area contributed by atoms with E-state index in [0.29, 0.717) is 6.47 Å². The molecule has 0 rings (SSSR count). The van der Waals surface area contributed by atoms with Crippen LogP contribution in [0.3, 0.4) is 0 Å². The average molecular weight is 258 g/mol. The Morgan fingerprint density at radius 2 is 1.67 bits per heavy atom. The van der Waals surface area contributed by atoms with E-state index in [2.05, 4.69) is 6.92 Å². The second-order valence-electron chi connectivity index (χ2n) is 0.0913. The molecule has 0 atom stereocenters. The monoisotopic (exact) mass is 258 g/mol. The first kappa shape index (κ1) is 16.4. The molecular weight excluding hydrogens is 252 g/mol. The quantitative estimate of drug-likeness (QED) is 0.640. The van der Waals surface area contributed by atoms with Crippen molar-refractivity contribution in [1.82, 2.24) is 0 Å². The van der Waals surface area contributed by atoms with Crippen LogP contribution in [0.4, 0.5) is 0 Å². The predicted molar refractivity (Wildman–Crippen MR) is 19.4 cm³/mol. The van der Waals surface area contributed by atoms with E-state index in [-0.39, 0.29) is 21.1 Å².